The van der Waals surface area contributed by atoms with Crippen molar-refractivity contribution in [2.45, 2.75) is 115 Å². The first kappa shape index (κ1) is 75.5. The Morgan fingerprint density at radius 3 is 1.02 bits per heavy atom. The molecule has 2 aromatic heterocycles. The van der Waals surface area contributed by atoms with Crippen LogP contribution in [-0.4, -0.2) is 81.8 Å². The zero-order chi connectivity index (χ0) is 72.8. The van der Waals surface area contributed by atoms with Crippen LogP contribution in [0.3, 0.4) is 0 Å². The molecule has 24 nitrogen and oxygen atoms in total. The van der Waals surface area contributed by atoms with E-state index in [-0.39, 0.29) is 89.0 Å². The molecule has 9 atom stereocenters. The molecular weight excluding hydrogens is 1410 g/mol. The van der Waals surface area contributed by atoms with Gasteiger partial charge < -0.3 is 39.9 Å². The van der Waals surface area contributed by atoms with Crippen LogP contribution in [0, 0.1) is 0 Å². The zero-order valence-corrected chi connectivity index (χ0v) is 60.3. The van der Waals surface area contributed by atoms with Gasteiger partial charge in [-0.15, -0.1) is 0 Å². The van der Waals surface area contributed by atoms with E-state index in [9.17, 15) is 0 Å². The third-order valence-electron chi connectivity index (χ3n) is 17.1. The fraction of sp³-hybridized carbons (Fsp3) is 0.253. The number of imidazole rings is 1. The molecule has 9 aromatic carbocycles. The zero-order valence-electron chi connectivity index (χ0n) is 57.7. The maximum absolute atomic E-state index is 16.5. The van der Waals surface area contributed by atoms with Gasteiger partial charge in [0.05, 0.1) is 79.0 Å². The molecule has 13 rings (SSSR count). The molecule has 0 bridgehead atoms. The average Bonchev–Trinajstić information content (AvgIpc) is 1.58. The quantitative estimate of drug-likeness (QED) is 0.0340. The summed E-state index contributed by atoms with van der Waals surface area (Å²) in [6, 6.07) is 82.3. The number of rotatable bonds is 38. The first-order valence-corrected chi connectivity index (χ1v) is 38.8. The predicted molar refractivity (Wildman–Crippen MR) is 394 cm³/mol. The Kier molecular flexibility index (Phi) is 26.5. The SMILES string of the molecule is Nc1nc(N)c2ncn([C@@H]3O[C@H](COCc4ccccc4)[C@@H](O[C@H]4O[C@H](COCc5ccccc5)[C@@H](OP(=O)(OCc5ccccc5)OCc5ccccc5)[C@H](OP(=O)(OCc5ccccc5)OCc5ccccc5)[C@H]4OCc4ccccc4)[C@H]3OP(=O)(OCc3ccccc3)OCc3ccccc3)c2n1. The van der Waals surface area contributed by atoms with Gasteiger partial charge in [0, 0.05) is 0 Å². The predicted octanol–water partition coefficient (Wildman–Crippen LogP) is 15.8. The van der Waals surface area contributed by atoms with Gasteiger partial charge in [-0.1, -0.05) is 273 Å². The van der Waals surface area contributed by atoms with Crippen molar-refractivity contribution in [2.24, 2.45) is 0 Å². The van der Waals surface area contributed by atoms with Crippen molar-refractivity contribution in [1.29, 1.82) is 0 Å². The highest BCUT2D eigenvalue weighted by Gasteiger charge is 2.59. The van der Waals surface area contributed by atoms with E-state index in [2.05, 4.69) is 15.0 Å². The highest BCUT2D eigenvalue weighted by Crippen LogP contribution is 2.60. The van der Waals surface area contributed by atoms with Crippen LogP contribution in [0.5, 0.6) is 0 Å². The standard InChI is InChI=1S/C79H81N6O18P3/c80-75-69-76(84-79(81)83-75)85(57-82-69)77-73(103-106(88,96-53-65-42-24-8-25-43-65)97-54-66-44-26-9-27-45-66)70(67(98-77)55-89-46-58-28-10-1-11-29-58)100-78-74(91-48-60-32-14-3-15-33-60)72(102-105(87,94-51-63-38-20-6-21-39-63)95-52-64-40-22-7-23-41-64)71(68(99-78)56-90-47-59-30-12-2-13-31-59)101-104(86,92-49-61-34-16-4-17-35-61)93-50-62-36-18-5-19-37-62/h1-45,57,67-68,70-74,77-78H,46-56H2,(H4,80,81,83,84)/t67-,68-,70-,71-,72+,73-,74-,77-,78-/m1/s1. The Balaban J connectivity index is 0.982. The summed E-state index contributed by atoms with van der Waals surface area (Å²) in [6.45, 7) is -2.43. The first-order chi connectivity index (χ1) is 51.9. The van der Waals surface area contributed by atoms with E-state index in [1.165, 1.54) is 10.9 Å². The Hall–Kier alpha value is -8.78. The molecule has 550 valence electrons. The number of nitrogen functional groups attached to an aromatic ring is 2. The summed E-state index contributed by atoms with van der Waals surface area (Å²) in [7, 11) is -14.9. The lowest BCUT2D eigenvalue weighted by molar-refractivity contribution is -0.325. The fourth-order valence-electron chi connectivity index (χ4n) is 11.8. The Labute approximate surface area is 614 Å². The second kappa shape index (κ2) is 37.2. The first-order valence-electron chi connectivity index (χ1n) is 34.4. The van der Waals surface area contributed by atoms with Crippen LogP contribution in [0.25, 0.3) is 11.2 Å². The fourth-order valence-corrected chi connectivity index (χ4v) is 15.8. The van der Waals surface area contributed by atoms with Crippen LogP contribution >= 0.6 is 23.5 Å². The summed E-state index contributed by atoms with van der Waals surface area (Å²) in [4.78, 5) is 13.4. The van der Waals surface area contributed by atoms with E-state index in [1.807, 2.05) is 176 Å². The van der Waals surface area contributed by atoms with E-state index in [4.69, 9.17) is 80.6 Å². The molecular formula is C79H81N6O18P3. The van der Waals surface area contributed by atoms with Crippen LogP contribution in [0.4, 0.5) is 11.8 Å². The van der Waals surface area contributed by atoms with Crippen molar-refractivity contribution in [3.05, 3.63) is 329 Å². The molecule has 0 radical (unpaired) electrons. The van der Waals surface area contributed by atoms with E-state index in [1.54, 1.807) is 97.1 Å². The normalized spacial score (nSPS) is 19.9. The van der Waals surface area contributed by atoms with E-state index in [0.717, 1.165) is 11.1 Å². The monoisotopic (exact) mass is 1490 g/mol. The number of nitrogens with two attached hydrogens (primary N) is 2. The molecule has 4 heterocycles. The lowest BCUT2D eigenvalue weighted by Gasteiger charge is -2.47. The molecule has 0 unspecified atom stereocenters. The van der Waals surface area contributed by atoms with Crippen molar-refractivity contribution in [3.63, 3.8) is 0 Å². The third-order valence-corrected chi connectivity index (χ3v) is 21.3. The number of anilines is 2. The number of aromatic nitrogens is 4. The molecule has 2 saturated heterocycles. The average molecular weight is 1500 g/mol. The van der Waals surface area contributed by atoms with Gasteiger partial charge >= 0.3 is 23.5 Å². The third kappa shape index (κ3) is 21.1. The Morgan fingerprint density at radius 1 is 0.349 bits per heavy atom. The Morgan fingerprint density at radius 2 is 0.660 bits per heavy atom. The highest BCUT2D eigenvalue weighted by atomic mass is 31.2. The summed E-state index contributed by atoms with van der Waals surface area (Å²) in [5.41, 5.74) is 19.1. The van der Waals surface area contributed by atoms with Crippen LogP contribution in [-0.2, 0) is 142 Å². The lowest BCUT2D eigenvalue weighted by atomic mass is 9.98. The number of phosphoric acid groups is 3. The van der Waals surface area contributed by atoms with Crippen molar-refractivity contribution in [1.82, 2.24) is 19.5 Å². The summed E-state index contributed by atoms with van der Waals surface area (Å²) >= 11 is 0. The second-order valence-corrected chi connectivity index (χ2v) is 29.7. The minimum absolute atomic E-state index is 0.0114. The van der Waals surface area contributed by atoms with Crippen molar-refractivity contribution in [3.8, 4) is 0 Å². The highest BCUT2D eigenvalue weighted by molar-refractivity contribution is 7.49. The van der Waals surface area contributed by atoms with Crippen molar-refractivity contribution < 1.29 is 82.8 Å². The number of nitrogens with zero attached hydrogens (tertiary/aromatic N) is 4. The van der Waals surface area contributed by atoms with Crippen LogP contribution in [0.2, 0.25) is 0 Å². The summed E-state index contributed by atoms with van der Waals surface area (Å²) < 4.78 is 153. The van der Waals surface area contributed by atoms with Gasteiger partial charge in [-0.2, -0.15) is 9.97 Å². The molecule has 11 aromatic rings. The molecule has 0 amide bonds. The van der Waals surface area contributed by atoms with Gasteiger partial charge in [-0.25, -0.2) is 18.7 Å². The number of hydrogen-bond donors (Lipinski definition) is 2. The molecule has 0 saturated carbocycles. The van der Waals surface area contributed by atoms with E-state index < -0.39 is 85.3 Å². The maximum Gasteiger partial charge on any atom is 0.475 e. The Bertz CT molecular complexity index is 4480. The topological polar surface area (TPSA) is 285 Å². The summed E-state index contributed by atoms with van der Waals surface area (Å²) in [5, 5.41) is 0. The van der Waals surface area contributed by atoms with E-state index in [0.29, 0.717) is 38.9 Å². The molecule has 106 heavy (non-hydrogen) atoms. The van der Waals surface area contributed by atoms with Crippen LogP contribution in [0.15, 0.2) is 279 Å². The molecule has 27 heteroatoms. The summed E-state index contributed by atoms with van der Waals surface area (Å²) in [6.07, 6.45) is -13.0. The minimum Gasteiger partial charge on any atom is -0.382 e. The largest absolute Gasteiger partial charge is 0.475 e. The molecule has 4 N–H and O–H groups in total. The van der Waals surface area contributed by atoms with Gasteiger partial charge in [0.2, 0.25) is 5.95 Å². The van der Waals surface area contributed by atoms with Crippen molar-refractivity contribution >= 4 is 46.4 Å². The van der Waals surface area contributed by atoms with Crippen molar-refractivity contribution in [2.75, 3.05) is 24.7 Å². The second-order valence-electron chi connectivity index (χ2n) is 24.9. The number of ether oxygens (including phenoxy) is 6. The minimum atomic E-state index is -5.05. The van der Waals surface area contributed by atoms with Gasteiger partial charge in [0.1, 0.15) is 48.2 Å². The van der Waals surface area contributed by atoms with Crippen LogP contribution in [0.1, 0.15) is 56.3 Å². The van der Waals surface area contributed by atoms with E-state index >= 15 is 13.7 Å². The van der Waals surface area contributed by atoms with Gasteiger partial charge in [-0.3, -0.25) is 45.3 Å². The number of fused-ring (bicyclic) bond motifs is 1. The molecule has 0 aliphatic carbocycles. The van der Waals surface area contributed by atoms with Gasteiger partial charge in [0.25, 0.3) is 0 Å². The molecule has 2 aliphatic heterocycles. The maximum atomic E-state index is 16.5. The number of hydrogen-bond acceptors (Lipinski definition) is 23. The summed E-state index contributed by atoms with van der Waals surface area (Å²) in [5.74, 6) is -0.248. The van der Waals surface area contributed by atoms with Gasteiger partial charge in [0.15, 0.2) is 24.0 Å². The number of phosphoric ester groups is 3. The van der Waals surface area contributed by atoms with Crippen LogP contribution < -0.4 is 11.5 Å². The molecule has 0 spiro atoms. The molecule has 2 aliphatic rings. The lowest BCUT2D eigenvalue weighted by Crippen LogP contribution is -2.62. The molecule has 2 fully saturated rings. The van der Waals surface area contributed by atoms with Gasteiger partial charge in [-0.05, 0) is 50.1 Å². The smallest absolute Gasteiger partial charge is 0.382 e. The number of benzene rings is 9.